The Balaban J connectivity index is 1.28. The van der Waals surface area contributed by atoms with E-state index in [-0.39, 0.29) is 5.41 Å². The SMILES string of the molecule is CC1C=CC2=C(C1)C1(c3ccccc32)c2ccccc2-c2ccc(N(c3ccc(C#N)cc3)c3ccc(-c4ccccc4)cc3)cc21. The maximum absolute atomic E-state index is 9.57. The van der Waals surface area contributed by atoms with Crippen molar-refractivity contribution in [1.29, 1.82) is 5.26 Å². The van der Waals surface area contributed by atoms with Crippen molar-refractivity contribution in [2.24, 2.45) is 5.92 Å². The van der Waals surface area contributed by atoms with Gasteiger partial charge in [-0.25, -0.2) is 0 Å². The number of nitriles is 1. The highest BCUT2D eigenvalue weighted by Crippen LogP contribution is 2.64. The van der Waals surface area contributed by atoms with Crippen LogP contribution in [0.1, 0.15) is 41.2 Å². The van der Waals surface area contributed by atoms with Crippen molar-refractivity contribution in [2.75, 3.05) is 4.90 Å². The van der Waals surface area contributed by atoms with E-state index in [1.54, 1.807) is 0 Å². The molecular formula is C45H32N2. The Bertz CT molecular complexity index is 2280. The quantitative estimate of drug-likeness (QED) is 0.201. The van der Waals surface area contributed by atoms with Crippen LogP contribution in [0.25, 0.3) is 27.8 Å². The Morgan fingerprint density at radius 3 is 1.89 bits per heavy atom. The van der Waals surface area contributed by atoms with E-state index in [9.17, 15) is 5.26 Å². The zero-order chi connectivity index (χ0) is 31.5. The van der Waals surface area contributed by atoms with Gasteiger partial charge in [0.15, 0.2) is 0 Å². The van der Waals surface area contributed by atoms with Crippen LogP contribution in [0.4, 0.5) is 17.1 Å². The van der Waals surface area contributed by atoms with Crippen molar-refractivity contribution in [3.05, 3.63) is 191 Å². The van der Waals surface area contributed by atoms with Gasteiger partial charge < -0.3 is 4.90 Å². The average molecular weight is 601 g/mol. The second-order valence-corrected chi connectivity index (χ2v) is 12.9. The molecule has 222 valence electrons. The van der Waals surface area contributed by atoms with E-state index in [0.29, 0.717) is 11.5 Å². The van der Waals surface area contributed by atoms with E-state index < -0.39 is 0 Å². The molecular weight excluding hydrogens is 569 g/mol. The van der Waals surface area contributed by atoms with Crippen molar-refractivity contribution in [1.82, 2.24) is 0 Å². The number of hydrogen-bond donors (Lipinski definition) is 0. The van der Waals surface area contributed by atoms with Gasteiger partial charge in [-0.15, -0.1) is 0 Å². The van der Waals surface area contributed by atoms with Crippen molar-refractivity contribution in [3.8, 4) is 28.3 Å². The summed E-state index contributed by atoms with van der Waals surface area (Å²) < 4.78 is 0. The van der Waals surface area contributed by atoms with Crippen LogP contribution in [0.5, 0.6) is 0 Å². The molecule has 0 saturated heterocycles. The summed E-state index contributed by atoms with van der Waals surface area (Å²) in [6.45, 7) is 2.33. The lowest BCUT2D eigenvalue weighted by Crippen LogP contribution is -2.29. The molecule has 6 aromatic carbocycles. The number of fused-ring (bicyclic) bond motifs is 9. The summed E-state index contributed by atoms with van der Waals surface area (Å²) in [5.74, 6) is 0.470. The predicted octanol–water partition coefficient (Wildman–Crippen LogP) is 11.4. The summed E-state index contributed by atoms with van der Waals surface area (Å²) in [6, 6.07) is 54.6. The molecule has 2 atom stereocenters. The molecule has 0 heterocycles. The highest BCUT2D eigenvalue weighted by atomic mass is 15.1. The smallest absolute Gasteiger partial charge is 0.0991 e. The van der Waals surface area contributed by atoms with E-state index in [4.69, 9.17) is 0 Å². The third-order valence-electron chi connectivity index (χ3n) is 10.3. The first-order valence-corrected chi connectivity index (χ1v) is 16.4. The predicted molar refractivity (Wildman–Crippen MR) is 193 cm³/mol. The van der Waals surface area contributed by atoms with Gasteiger partial charge in [-0.2, -0.15) is 5.26 Å². The highest BCUT2D eigenvalue weighted by molar-refractivity contribution is 5.98. The maximum atomic E-state index is 9.57. The second kappa shape index (κ2) is 10.6. The number of allylic oxidation sites excluding steroid dienone is 4. The van der Waals surface area contributed by atoms with Gasteiger partial charge in [-0.05, 0) is 117 Å². The van der Waals surface area contributed by atoms with Crippen LogP contribution < -0.4 is 4.90 Å². The number of rotatable bonds is 4. The minimum Gasteiger partial charge on any atom is -0.310 e. The van der Waals surface area contributed by atoms with E-state index in [2.05, 4.69) is 164 Å². The summed E-state index contributed by atoms with van der Waals surface area (Å²) in [5, 5.41) is 9.57. The summed E-state index contributed by atoms with van der Waals surface area (Å²) in [7, 11) is 0. The van der Waals surface area contributed by atoms with E-state index >= 15 is 0 Å². The Labute approximate surface area is 276 Å². The molecule has 2 nitrogen and oxygen atoms in total. The third-order valence-corrected chi connectivity index (χ3v) is 10.3. The molecule has 0 bridgehead atoms. The lowest BCUT2D eigenvalue weighted by molar-refractivity contribution is 0.630. The van der Waals surface area contributed by atoms with Gasteiger partial charge in [0.1, 0.15) is 0 Å². The Morgan fingerprint density at radius 1 is 0.596 bits per heavy atom. The van der Waals surface area contributed by atoms with Crippen molar-refractivity contribution >= 4 is 22.6 Å². The van der Waals surface area contributed by atoms with E-state index in [1.807, 2.05) is 12.1 Å². The molecule has 3 aliphatic carbocycles. The first kappa shape index (κ1) is 27.4. The maximum Gasteiger partial charge on any atom is 0.0991 e. The van der Waals surface area contributed by atoms with Gasteiger partial charge in [0.25, 0.3) is 0 Å². The second-order valence-electron chi connectivity index (χ2n) is 12.9. The molecule has 47 heavy (non-hydrogen) atoms. The molecule has 0 aromatic heterocycles. The van der Waals surface area contributed by atoms with Gasteiger partial charge >= 0.3 is 0 Å². The van der Waals surface area contributed by atoms with Crippen LogP contribution >= 0.6 is 0 Å². The molecule has 0 radical (unpaired) electrons. The van der Waals surface area contributed by atoms with Crippen LogP contribution in [-0.2, 0) is 5.41 Å². The van der Waals surface area contributed by atoms with Gasteiger partial charge in [-0.3, -0.25) is 0 Å². The van der Waals surface area contributed by atoms with Gasteiger partial charge in [0.2, 0.25) is 0 Å². The zero-order valence-corrected chi connectivity index (χ0v) is 26.2. The minimum absolute atomic E-state index is 0.347. The molecule has 6 aromatic rings. The number of benzene rings is 6. The molecule has 0 aliphatic heterocycles. The lowest BCUT2D eigenvalue weighted by atomic mass is 9.67. The molecule has 0 fully saturated rings. The largest absolute Gasteiger partial charge is 0.310 e. The van der Waals surface area contributed by atoms with Gasteiger partial charge in [0.05, 0.1) is 17.0 Å². The first-order chi connectivity index (χ1) is 23.2. The Hall–Kier alpha value is -5.91. The molecule has 0 amide bonds. The number of hydrogen-bond acceptors (Lipinski definition) is 2. The Kier molecular flexibility index (Phi) is 6.17. The van der Waals surface area contributed by atoms with Gasteiger partial charge in [0, 0.05) is 17.1 Å². The van der Waals surface area contributed by atoms with Crippen LogP contribution in [-0.4, -0.2) is 0 Å². The van der Waals surface area contributed by atoms with Crippen molar-refractivity contribution in [2.45, 2.75) is 18.8 Å². The first-order valence-electron chi connectivity index (χ1n) is 16.4. The summed E-state index contributed by atoms with van der Waals surface area (Å²) in [5.41, 5.74) is 16.8. The molecule has 3 aliphatic rings. The topological polar surface area (TPSA) is 27.0 Å². The fraction of sp³-hybridized carbons (Fsp3) is 0.0889. The minimum atomic E-state index is -0.347. The average Bonchev–Trinajstić information content (AvgIpc) is 3.59. The van der Waals surface area contributed by atoms with Crippen molar-refractivity contribution in [3.63, 3.8) is 0 Å². The third kappa shape index (κ3) is 4.03. The summed E-state index contributed by atoms with van der Waals surface area (Å²) in [4.78, 5) is 2.33. The van der Waals surface area contributed by atoms with E-state index in [1.165, 1.54) is 55.7 Å². The number of nitrogens with zero attached hydrogens (tertiary/aromatic N) is 2. The molecule has 1 spiro atoms. The number of anilines is 3. The Morgan fingerprint density at radius 2 is 1.17 bits per heavy atom. The van der Waals surface area contributed by atoms with Crippen LogP contribution in [0.15, 0.2) is 163 Å². The fourth-order valence-electron chi connectivity index (χ4n) is 8.26. The van der Waals surface area contributed by atoms with Gasteiger partial charge in [-0.1, -0.05) is 116 Å². The molecule has 0 N–H and O–H groups in total. The molecule has 2 unspecified atom stereocenters. The molecule has 2 heteroatoms. The van der Waals surface area contributed by atoms with E-state index in [0.717, 1.165) is 23.5 Å². The van der Waals surface area contributed by atoms with Crippen LogP contribution in [0, 0.1) is 17.2 Å². The van der Waals surface area contributed by atoms with Crippen molar-refractivity contribution < 1.29 is 0 Å². The van der Waals surface area contributed by atoms with Crippen LogP contribution in [0.3, 0.4) is 0 Å². The normalized spacial score (nSPS) is 18.3. The van der Waals surface area contributed by atoms with Crippen LogP contribution in [0.2, 0.25) is 0 Å². The lowest BCUT2D eigenvalue weighted by Gasteiger charge is -2.35. The monoisotopic (exact) mass is 600 g/mol. The standard InChI is InChI=1S/C45H32N2/c1-30-15-25-39-37-11-5-7-13-41(37)45(43(39)27-30)42-14-8-6-12-38(42)40-26-24-36(28-44(40)45)47(34-20-16-31(29-46)17-21-34)35-22-18-33(19-23-35)32-9-3-2-4-10-32/h2-26,28,30H,27H2,1H3. The summed E-state index contributed by atoms with van der Waals surface area (Å²) >= 11 is 0. The fourth-order valence-corrected chi connectivity index (χ4v) is 8.26. The highest BCUT2D eigenvalue weighted by Gasteiger charge is 2.53. The molecule has 9 rings (SSSR count). The summed E-state index contributed by atoms with van der Waals surface area (Å²) in [6.07, 6.45) is 5.77. The zero-order valence-electron chi connectivity index (χ0n) is 26.2. The molecule has 0 saturated carbocycles.